The van der Waals surface area contributed by atoms with Gasteiger partial charge in [0.2, 0.25) is 0 Å². The molecule has 3 aromatic carbocycles. The van der Waals surface area contributed by atoms with E-state index in [0.717, 1.165) is 14.5 Å². The number of fused-ring (bicyclic) bond motifs is 1. The van der Waals surface area contributed by atoms with Crippen LogP contribution in [0.5, 0.6) is 5.75 Å². The largest absolute Gasteiger partial charge is 0.508 e. The fourth-order valence-electron chi connectivity index (χ4n) is 3.08. The van der Waals surface area contributed by atoms with Crippen molar-refractivity contribution in [1.29, 1.82) is 0 Å². The Morgan fingerprint density at radius 2 is 1.59 bits per heavy atom. The summed E-state index contributed by atoms with van der Waals surface area (Å²) in [6, 6.07) is 20.1. The number of hydrogen-bond donors (Lipinski definition) is 1. The van der Waals surface area contributed by atoms with Crippen molar-refractivity contribution in [2.45, 2.75) is 6.42 Å². The van der Waals surface area contributed by atoms with Gasteiger partial charge in [0.1, 0.15) is 17.1 Å². The molecule has 0 unspecified atom stereocenters. The summed E-state index contributed by atoms with van der Waals surface area (Å²) in [7, 11) is 0. The van der Waals surface area contributed by atoms with Crippen LogP contribution in [-0.4, -0.2) is 5.11 Å². The third-order valence-electron chi connectivity index (χ3n) is 4.39. The van der Waals surface area contributed by atoms with Crippen molar-refractivity contribution in [1.82, 2.24) is 0 Å². The molecular weight excluding hydrogens is 472 g/mol. The van der Waals surface area contributed by atoms with Crippen molar-refractivity contribution < 1.29 is 9.52 Å². The number of aromatic hydroxyl groups is 1. The average Bonchev–Trinajstić information content (AvgIpc) is 2.67. The van der Waals surface area contributed by atoms with Crippen molar-refractivity contribution in [3.05, 3.63) is 97.0 Å². The minimum absolute atomic E-state index is 0.101. The summed E-state index contributed by atoms with van der Waals surface area (Å²) in [6.45, 7) is 0. The van der Waals surface area contributed by atoms with Gasteiger partial charge in [0, 0.05) is 26.5 Å². The van der Waals surface area contributed by atoms with Crippen LogP contribution in [0.25, 0.3) is 22.3 Å². The van der Waals surface area contributed by atoms with E-state index in [2.05, 4.69) is 31.9 Å². The van der Waals surface area contributed by atoms with Crippen LogP contribution in [0, 0.1) is 0 Å². The molecule has 27 heavy (non-hydrogen) atoms. The Morgan fingerprint density at radius 3 is 2.37 bits per heavy atom. The van der Waals surface area contributed by atoms with Gasteiger partial charge >= 0.3 is 0 Å². The number of halogens is 2. The van der Waals surface area contributed by atoms with E-state index in [4.69, 9.17) is 4.42 Å². The van der Waals surface area contributed by atoms with E-state index in [1.807, 2.05) is 42.5 Å². The summed E-state index contributed by atoms with van der Waals surface area (Å²) < 4.78 is 7.79. The maximum absolute atomic E-state index is 13.3. The predicted molar refractivity (Wildman–Crippen MR) is 114 cm³/mol. The normalized spacial score (nSPS) is 11.0. The quantitative estimate of drug-likeness (QED) is 0.371. The zero-order valence-electron chi connectivity index (χ0n) is 14.1. The zero-order chi connectivity index (χ0) is 19.0. The van der Waals surface area contributed by atoms with E-state index in [-0.39, 0.29) is 17.6 Å². The summed E-state index contributed by atoms with van der Waals surface area (Å²) in [4.78, 5) is 13.3. The molecule has 5 heteroatoms. The van der Waals surface area contributed by atoms with Gasteiger partial charge in [-0.15, -0.1) is 0 Å². The van der Waals surface area contributed by atoms with Crippen LogP contribution in [0.4, 0.5) is 0 Å². The van der Waals surface area contributed by atoms with Gasteiger partial charge in [-0.2, -0.15) is 0 Å². The monoisotopic (exact) mass is 484 g/mol. The number of rotatable bonds is 3. The molecule has 0 spiro atoms. The fraction of sp³-hybridized carbons (Fsp3) is 0.0455. The van der Waals surface area contributed by atoms with Gasteiger partial charge in [0.05, 0.1) is 5.39 Å². The first-order valence-electron chi connectivity index (χ1n) is 8.31. The maximum atomic E-state index is 13.3. The van der Waals surface area contributed by atoms with Gasteiger partial charge in [-0.1, -0.05) is 62.2 Å². The lowest BCUT2D eigenvalue weighted by Crippen LogP contribution is -2.12. The molecular formula is C22H14Br2O3. The molecule has 0 aliphatic rings. The molecule has 0 aliphatic carbocycles. The van der Waals surface area contributed by atoms with Crippen LogP contribution < -0.4 is 5.43 Å². The maximum Gasteiger partial charge on any atom is 0.196 e. The Hall–Kier alpha value is -2.37. The predicted octanol–water partition coefficient (Wildman–Crippen LogP) is 6.28. The Bertz CT molecular complexity index is 1200. The minimum Gasteiger partial charge on any atom is -0.508 e. The zero-order valence-corrected chi connectivity index (χ0v) is 17.2. The molecule has 0 fully saturated rings. The fourth-order valence-corrected chi connectivity index (χ4v) is 3.84. The van der Waals surface area contributed by atoms with Crippen molar-refractivity contribution in [3.8, 4) is 17.1 Å². The third-order valence-corrected chi connectivity index (χ3v) is 5.38. The molecule has 0 amide bonds. The number of benzene rings is 3. The van der Waals surface area contributed by atoms with Crippen molar-refractivity contribution >= 4 is 42.8 Å². The average molecular weight is 486 g/mol. The molecule has 0 aliphatic heterocycles. The highest BCUT2D eigenvalue weighted by molar-refractivity contribution is 9.10. The molecule has 1 heterocycles. The molecule has 134 valence electrons. The summed E-state index contributed by atoms with van der Waals surface area (Å²) in [6.07, 6.45) is 0.264. The highest BCUT2D eigenvalue weighted by Crippen LogP contribution is 2.31. The van der Waals surface area contributed by atoms with Crippen molar-refractivity contribution in [2.24, 2.45) is 0 Å². The summed E-state index contributed by atoms with van der Waals surface area (Å²) >= 11 is 6.84. The Balaban J connectivity index is 2.00. The first kappa shape index (κ1) is 18.0. The number of phenolic OH excluding ortho intramolecular Hbond substituents is 1. The van der Waals surface area contributed by atoms with Crippen molar-refractivity contribution in [2.75, 3.05) is 0 Å². The summed E-state index contributed by atoms with van der Waals surface area (Å²) in [5.74, 6) is 0.667. The van der Waals surface area contributed by atoms with Crippen molar-refractivity contribution in [3.63, 3.8) is 0 Å². The molecule has 0 atom stereocenters. The van der Waals surface area contributed by atoms with Gasteiger partial charge in [0.25, 0.3) is 0 Å². The topological polar surface area (TPSA) is 50.4 Å². The SMILES string of the molecule is O=c1c(Cc2cc(Br)ccc2O)c(-c2ccccc2)oc2ccc(Br)cc12. The van der Waals surface area contributed by atoms with Crippen LogP contribution in [0.3, 0.4) is 0 Å². The first-order valence-corrected chi connectivity index (χ1v) is 9.89. The molecule has 1 N–H and O–H groups in total. The Morgan fingerprint density at radius 1 is 0.889 bits per heavy atom. The number of phenols is 1. The lowest BCUT2D eigenvalue weighted by atomic mass is 9.98. The second-order valence-corrected chi connectivity index (χ2v) is 8.03. The minimum atomic E-state index is -0.101. The molecule has 0 radical (unpaired) electrons. The second-order valence-electron chi connectivity index (χ2n) is 6.20. The van der Waals surface area contributed by atoms with E-state index < -0.39 is 0 Å². The van der Waals surface area contributed by atoms with Crippen LogP contribution >= 0.6 is 31.9 Å². The lowest BCUT2D eigenvalue weighted by Gasteiger charge is -2.12. The van der Waals surface area contributed by atoms with Crippen LogP contribution in [0.1, 0.15) is 11.1 Å². The molecule has 4 aromatic rings. The summed E-state index contributed by atoms with van der Waals surface area (Å²) in [5, 5.41) is 10.8. The van der Waals surface area contributed by atoms with Gasteiger partial charge in [0.15, 0.2) is 5.43 Å². The van der Waals surface area contributed by atoms with Crippen LogP contribution in [-0.2, 0) is 6.42 Å². The molecule has 0 bridgehead atoms. The van der Waals surface area contributed by atoms with E-state index in [1.54, 1.807) is 24.3 Å². The van der Waals surface area contributed by atoms with Gasteiger partial charge in [-0.05, 0) is 42.0 Å². The van der Waals surface area contributed by atoms with Gasteiger partial charge < -0.3 is 9.52 Å². The standard InChI is InChI=1S/C22H14Br2O3/c23-15-6-8-19(25)14(10-15)11-18-21(26)17-12-16(24)7-9-20(17)27-22(18)13-4-2-1-3-5-13/h1-10,12,25H,11H2. The van der Waals surface area contributed by atoms with E-state index in [0.29, 0.717) is 27.9 Å². The van der Waals surface area contributed by atoms with E-state index >= 15 is 0 Å². The highest BCUT2D eigenvalue weighted by Gasteiger charge is 2.18. The highest BCUT2D eigenvalue weighted by atomic mass is 79.9. The van der Waals surface area contributed by atoms with E-state index in [1.165, 1.54) is 0 Å². The lowest BCUT2D eigenvalue weighted by molar-refractivity contribution is 0.469. The van der Waals surface area contributed by atoms with Gasteiger partial charge in [-0.3, -0.25) is 4.79 Å². The van der Waals surface area contributed by atoms with Crippen LogP contribution in [0.2, 0.25) is 0 Å². The molecule has 3 nitrogen and oxygen atoms in total. The third kappa shape index (κ3) is 3.57. The molecule has 0 saturated carbocycles. The van der Waals surface area contributed by atoms with Crippen LogP contribution in [0.15, 0.2) is 84.9 Å². The smallest absolute Gasteiger partial charge is 0.196 e. The molecule has 4 rings (SSSR count). The Kier molecular flexibility index (Phi) is 4.89. The summed E-state index contributed by atoms with van der Waals surface area (Å²) in [5.41, 5.74) is 2.42. The molecule has 0 saturated heterocycles. The Labute approximate surface area is 172 Å². The first-order chi connectivity index (χ1) is 13.0. The van der Waals surface area contributed by atoms with Gasteiger partial charge in [-0.25, -0.2) is 0 Å². The molecule has 1 aromatic heterocycles. The van der Waals surface area contributed by atoms with E-state index in [9.17, 15) is 9.90 Å². The second kappa shape index (κ2) is 7.33. The number of hydrogen-bond acceptors (Lipinski definition) is 3.